The lowest BCUT2D eigenvalue weighted by Crippen LogP contribution is -2.40. The highest BCUT2D eigenvalue weighted by atomic mass is 35.5. The summed E-state index contributed by atoms with van der Waals surface area (Å²) in [7, 11) is 0. The minimum atomic E-state index is -0.335. The van der Waals surface area contributed by atoms with Gasteiger partial charge in [0.1, 0.15) is 5.82 Å². The number of benzene rings is 1. The molecule has 1 aromatic rings. The van der Waals surface area contributed by atoms with E-state index in [1.165, 1.54) is 18.9 Å². The molecule has 0 aromatic heterocycles. The number of nitrogens with one attached hydrogen (secondary N) is 1. The highest BCUT2D eigenvalue weighted by molar-refractivity contribution is 6.30. The molecule has 0 aliphatic heterocycles. The topological polar surface area (TPSA) is 12.0 Å². The molecule has 0 bridgehead atoms. The van der Waals surface area contributed by atoms with Crippen LogP contribution in [0.2, 0.25) is 5.02 Å². The van der Waals surface area contributed by atoms with Crippen molar-refractivity contribution >= 4 is 11.6 Å². The Morgan fingerprint density at radius 3 is 2.50 bits per heavy atom. The molecular formula is C15H21ClFN. The van der Waals surface area contributed by atoms with Crippen LogP contribution >= 0.6 is 11.6 Å². The SMILES string of the molecule is CC(C)(C)NCC1(Cc2ccc(F)c(Cl)c2)CC1. The molecule has 0 radical (unpaired) electrons. The molecule has 0 heterocycles. The van der Waals surface area contributed by atoms with E-state index in [-0.39, 0.29) is 16.4 Å². The van der Waals surface area contributed by atoms with Crippen molar-refractivity contribution < 1.29 is 4.39 Å². The molecule has 1 aromatic carbocycles. The second kappa shape index (κ2) is 4.82. The van der Waals surface area contributed by atoms with Crippen LogP contribution in [-0.4, -0.2) is 12.1 Å². The molecule has 1 saturated carbocycles. The first kappa shape index (κ1) is 13.8. The van der Waals surface area contributed by atoms with E-state index in [1.807, 2.05) is 6.07 Å². The second-order valence-electron chi connectivity index (χ2n) is 6.53. The van der Waals surface area contributed by atoms with Gasteiger partial charge in [0.15, 0.2) is 0 Å². The lowest BCUT2D eigenvalue weighted by Gasteiger charge is -2.25. The molecule has 1 N–H and O–H groups in total. The van der Waals surface area contributed by atoms with Crippen LogP contribution in [0.25, 0.3) is 0 Å². The first-order chi connectivity index (χ1) is 8.30. The molecule has 0 spiro atoms. The van der Waals surface area contributed by atoms with Gasteiger partial charge in [0.25, 0.3) is 0 Å². The fraction of sp³-hybridized carbons (Fsp3) is 0.600. The van der Waals surface area contributed by atoms with Gasteiger partial charge in [0.05, 0.1) is 5.02 Å². The maximum Gasteiger partial charge on any atom is 0.141 e. The smallest absolute Gasteiger partial charge is 0.141 e. The van der Waals surface area contributed by atoms with Gasteiger partial charge in [0.2, 0.25) is 0 Å². The van der Waals surface area contributed by atoms with E-state index < -0.39 is 0 Å². The van der Waals surface area contributed by atoms with Gasteiger partial charge in [-0.2, -0.15) is 0 Å². The maximum atomic E-state index is 13.1. The molecule has 0 saturated heterocycles. The Balaban J connectivity index is 1.98. The molecule has 100 valence electrons. The predicted octanol–water partition coefficient (Wildman–Crippen LogP) is 4.19. The molecule has 3 heteroatoms. The molecule has 1 aliphatic rings. The standard InChI is InChI=1S/C15H21ClFN/c1-14(2,3)18-10-15(6-7-15)9-11-4-5-13(17)12(16)8-11/h4-5,8,18H,6-7,9-10H2,1-3H3. The van der Waals surface area contributed by atoms with Gasteiger partial charge in [-0.05, 0) is 63.1 Å². The summed E-state index contributed by atoms with van der Waals surface area (Å²) in [6.07, 6.45) is 3.46. The van der Waals surface area contributed by atoms with E-state index in [4.69, 9.17) is 11.6 Å². The Hall–Kier alpha value is -0.600. The summed E-state index contributed by atoms with van der Waals surface area (Å²) in [6, 6.07) is 5.07. The minimum absolute atomic E-state index is 0.149. The summed E-state index contributed by atoms with van der Waals surface area (Å²) in [5.41, 5.74) is 1.64. The maximum absolute atomic E-state index is 13.1. The van der Waals surface area contributed by atoms with Crippen LogP contribution in [0.15, 0.2) is 18.2 Å². The summed E-state index contributed by atoms with van der Waals surface area (Å²) < 4.78 is 13.1. The molecule has 18 heavy (non-hydrogen) atoms. The van der Waals surface area contributed by atoms with Crippen LogP contribution in [0.1, 0.15) is 39.2 Å². The van der Waals surface area contributed by atoms with Crippen LogP contribution in [0.4, 0.5) is 4.39 Å². The molecule has 0 amide bonds. The minimum Gasteiger partial charge on any atom is -0.312 e. The van der Waals surface area contributed by atoms with Crippen molar-refractivity contribution in [2.75, 3.05) is 6.54 Å². The molecule has 2 rings (SSSR count). The second-order valence-corrected chi connectivity index (χ2v) is 6.94. The average molecular weight is 270 g/mol. The third-order valence-electron chi connectivity index (χ3n) is 3.51. The van der Waals surface area contributed by atoms with E-state index in [0.29, 0.717) is 5.41 Å². The van der Waals surface area contributed by atoms with Gasteiger partial charge in [0, 0.05) is 12.1 Å². The van der Waals surface area contributed by atoms with Crippen LogP contribution < -0.4 is 5.32 Å². The Kier molecular flexibility index (Phi) is 3.70. The summed E-state index contributed by atoms with van der Waals surface area (Å²) in [5.74, 6) is -0.335. The van der Waals surface area contributed by atoms with Crippen molar-refractivity contribution in [3.05, 3.63) is 34.6 Å². The van der Waals surface area contributed by atoms with Crippen LogP contribution in [0.3, 0.4) is 0 Å². The van der Waals surface area contributed by atoms with Crippen molar-refractivity contribution in [1.82, 2.24) is 5.32 Å². The van der Waals surface area contributed by atoms with Crippen molar-refractivity contribution in [3.63, 3.8) is 0 Å². The first-order valence-electron chi connectivity index (χ1n) is 6.49. The van der Waals surface area contributed by atoms with Gasteiger partial charge in [-0.15, -0.1) is 0 Å². The van der Waals surface area contributed by atoms with Gasteiger partial charge in [-0.25, -0.2) is 4.39 Å². The Morgan fingerprint density at radius 2 is 2.00 bits per heavy atom. The molecule has 0 atom stereocenters. The van der Waals surface area contributed by atoms with Gasteiger partial charge < -0.3 is 5.32 Å². The van der Waals surface area contributed by atoms with Crippen molar-refractivity contribution in [2.45, 2.75) is 45.6 Å². The highest BCUT2D eigenvalue weighted by Gasteiger charge is 2.42. The summed E-state index contributed by atoms with van der Waals surface area (Å²) >= 11 is 5.82. The highest BCUT2D eigenvalue weighted by Crippen LogP contribution is 2.48. The number of halogens is 2. The third-order valence-corrected chi connectivity index (χ3v) is 3.80. The zero-order chi connectivity index (χ0) is 13.4. The first-order valence-corrected chi connectivity index (χ1v) is 6.87. The zero-order valence-corrected chi connectivity index (χ0v) is 12.1. The normalized spacial score (nSPS) is 17.8. The Morgan fingerprint density at radius 1 is 1.33 bits per heavy atom. The van der Waals surface area contributed by atoms with Crippen molar-refractivity contribution in [3.8, 4) is 0 Å². The fourth-order valence-corrected chi connectivity index (χ4v) is 2.33. The van der Waals surface area contributed by atoms with Crippen LogP contribution in [0.5, 0.6) is 0 Å². The van der Waals surface area contributed by atoms with Crippen LogP contribution in [0, 0.1) is 11.2 Å². The lowest BCUT2D eigenvalue weighted by atomic mass is 9.95. The Bertz CT molecular complexity index is 433. The van der Waals surface area contributed by atoms with Crippen molar-refractivity contribution in [2.24, 2.45) is 5.41 Å². The summed E-state index contributed by atoms with van der Waals surface area (Å²) in [5, 5.41) is 3.79. The lowest BCUT2D eigenvalue weighted by molar-refractivity contribution is 0.356. The molecule has 1 aliphatic carbocycles. The predicted molar refractivity (Wildman–Crippen MR) is 74.5 cm³/mol. The third kappa shape index (κ3) is 3.69. The molecule has 1 fully saturated rings. The number of hydrogen-bond donors (Lipinski definition) is 1. The van der Waals surface area contributed by atoms with Crippen LogP contribution in [-0.2, 0) is 6.42 Å². The fourth-order valence-electron chi connectivity index (χ4n) is 2.13. The molecule has 0 unspecified atom stereocenters. The van der Waals surface area contributed by atoms with Gasteiger partial charge >= 0.3 is 0 Å². The van der Waals surface area contributed by atoms with E-state index >= 15 is 0 Å². The average Bonchev–Trinajstić information content (AvgIpc) is 3.01. The quantitative estimate of drug-likeness (QED) is 0.864. The van der Waals surface area contributed by atoms with E-state index in [2.05, 4.69) is 26.1 Å². The van der Waals surface area contributed by atoms with Gasteiger partial charge in [-0.3, -0.25) is 0 Å². The zero-order valence-electron chi connectivity index (χ0n) is 11.3. The summed E-state index contributed by atoms with van der Waals surface area (Å²) in [4.78, 5) is 0. The monoisotopic (exact) mass is 269 g/mol. The van der Waals surface area contributed by atoms with Gasteiger partial charge in [-0.1, -0.05) is 17.7 Å². The number of rotatable bonds is 4. The molecule has 1 nitrogen and oxygen atoms in total. The Labute approximate surface area is 114 Å². The number of hydrogen-bond acceptors (Lipinski definition) is 1. The van der Waals surface area contributed by atoms with Crippen molar-refractivity contribution in [1.29, 1.82) is 0 Å². The van der Waals surface area contributed by atoms with E-state index in [1.54, 1.807) is 6.07 Å². The molecular weight excluding hydrogens is 249 g/mol. The van der Waals surface area contributed by atoms with E-state index in [0.717, 1.165) is 18.5 Å². The summed E-state index contributed by atoms with van der Waals surface area (Å²) in [6.45, 7) is 7.55. The largest absolute Gasteiger partial charge is 0.312 e. The van der Waals surface area contributed by atoms with E-state index in [9.17, 15) is 4.39 Å².